The fourth-order valence-electron chi connectivity index (χ4n) is 1.24. The minimum atomic E-state index is -0.980. The number of anilines is 1. The molecule has 0 spiro atoms. The molecule has 1 aromatic carbocycles. The summed E-state index contributed by atoms with van der Waals surface area (Å²) < 4.78 is 0. The van der Waals surface area contributed by atoms with Crippen LogP contribution in [0.15, 0.2) is 24.3 Å². The van der Waals surface area contributed by atoms with E-state index in [0.717, 1.165) is 12.8 Å². The van der Waals surface area contributed by atoms with Crippen LogP contribution in [0.2, 0.25) is 0 Å². The molecule has 4 heteroatoms. The van der Waals surface area contributed by atoms with Gasteiger partial charge in [0.05, 0.1) is 0 Å². The number of Topliss-reactive ketones (excluding diaryl/α,β-unsaturated/α-hetero) is 1. The van der Waals surface area contributed by atoms with Crippen LogP contribution in [0.25, 0.3) is 0 Å². The Bertz CT molecular complexity index is 408. The highest BCUT2D eigenvalue weighted by Gasteiger charge is 2.27. The molecular weight excluding hydrogens is 194 g/mol. The number of ketones is 1. The number of aliphatic hydroxyl groups excluding tert-OH is 1. The minimum Gasteiger partial charge on any atom is -0.378 e. The van der Waals surface area contributed by atoms with E-state index < -0.39 is 6.10 Å². The van der Waals surface area contributed by atoms with Crippen molar-refractivity contribution in [2.24, 2.45) is 0 Å². The molecule has 0 radical (unpaired) electrons. The van der Waals surface area contributed by atoms with Crippen molar-refractivity contribution in [1.29, 1.82) is 0 Å². The molecule has 3 rings (SSSR count). The van der Waals surface area contributed by atoms with Crippen molar-refractivity contribution in [3.05, 3.63) is 29.8 Å². The zero-order valence-corrected chi connectivity index (χ0v) is 8.06. The molecule has 0 saturated heterocycles. The molecule has 1 aliphatic heterocycles. The van der Waals surface area contributed by atoms with E-state index in [4.69, 9.17) is 0 Å². The van der Waals surface area contributed by atoms with Gasteiger partial charge in [0.25, 0.3) is 5.91 Å². The summed E-state index contributed by atoms with van der Waals surface area (Å²) in [6, 6.07) is 7.11. The summed E-state index contributed by atoms with van der Waals surface area (Å²) in [5.41, 5.74) is 1.38. The maximum absolute atomic E-state index is 10.9. The topological polar surface area (TPSA) is 66.4 Å². The fourth-order valence-corrected chi connectivity index (χ4v) is 1.24. The standard InChI is InChI=1S/C8H7NO2.C3H4O/c10-7-5-3-1-2-4-6(5)9-8(7)11;4-3-1-2-3/h1-4,7,10H,(H,9,11);1-2H2. The Morgan fingerprint density at radius 1 is 1.20 bits per heavy atom. The molecule has 15 heavy (non-hydrogen) atoms. The van der Waals surface area contributed by atoms with Crippen molar-refractivity contribution in [1.82, 2.24) is 0 Å². The van der Waals surface area contributed by atoms with Crippen molar-refractivity contribution < 1.29 is 14.7 Å². The summed E-state index contributed by atoms with van der Waals surface area (Å²) in [4.78, 5) is 20.4. The van der Waals surface area contributed by atoms with Crippen LogP contribution in [0.5, 0.6) is 0 Å². The van der Waals surface area contributed by atoms with E-state index in [2.05, 4.69) is 5.32 Å². The fraction of sp³-hybridized carbons (Fsp3) is 0.273. The lowest BCUT2D eigenvalue weighted by atomic mass is 10.1. The molecule has 1 fully saturated rings. The maximum atomic E-state index is 10.9. The Hall–Kier alpha value is -1.68. The summed E-state index contributed by atoms with van der Waals surface area (Å²) in [7, 11) is 0. The Morgan fingerprint density at radius 2 is 1.80 bits per heavy atom. The molecule has 78 valence electrons. The van der Waals surface area contributed by atoms with Gasteiger partial charge in [-0.15, -0.1) is 0 Å². The first-order chi connectivity index (χ1) is 7.18. The number of carbonyl (C=O) groups excluding carboxylic acids is 2. The number of para-hydroxylation sites is 1. The van der Waals surface area contributed by atoms with Crippen LogP contribution >= 0.6 is 0 Å². The number of rotatable bonds is 0. The normalized spacial score (nSPS) is 21.3. The zero-order chi connectivity index (χ0) is 10.8. The summed E-state index contributed by atoms with van der Waals surface area (Å²) >= 11 is 0. The van der Waals surface area contributed by atoms with Crippen LogP contribution in [0.3, 0.4) is 0 Å². The number of carbonyl (C=O) groups is 2. The molecule has 0 bridgehead atoms. The van der Waals surface area contributed by atoms with Gasteiger partial charge in [-0.3, -0.25) is 9.59 Å². The predicted octanol–water partition coefficient (Wildman–Crippen LogP) is 1.02. The van der Waals surface area contributed by atoms with Gasteiger partial charge in [-0.25, -0.2) is 0 Å². The van der Waals surface area contributed by atoms with Gasteiger partial charge in [0.15, 0.2) is 6.10 Å². The molecule has 1 saturated carbocycles. The third-order valence-electron chi connectivity index (χ3n) is 2.22. The SMILES string of the molecule is O=C1CC1.O=C1Nc2ccccc2C1O. The van der Waals surface area contributed by atoms with E-state index >= 15 is 0 Å². The van der Waals surface area contributed by atoms with Gasteiger partial charge in [0.1, 0.15) is 5.78 Å². The van der Waals surface area contributed by atoms with Crippen LogP contribution < -0.4 is 5.32 Å². The molecule has 4 nitrogen and oxygen atoms in total. The molecule has 2 aliphatic rings. The van der Waals surface area contributed by atoms with Crippen LogP contribution in [-0.4, -0.2) is 16.8 Å². The van der Waals surface area contributed by atoms with Gasteiger partial charge < -0.3 is 10.4 Å². The molecule has 1 aromatic rings. The molecular formula is C11H11NO3. The van der Waals surface area contributed by atoms with Crippen molar-refractivity contribution in [2.45, 2.75) is 18.9 Å². The molecule has 0 aromatic heterocycles. The minimum absolute atomic E-state index is 0.341. The highest BCUT2D eigenvalue weighted by atomic mass is 16.3. The summed E-state index contributed by atoms with van der Waals surface area (Å²) in [5.74, 6) is 0.0752. The monoisotopic (exact) mass is 205 g/mol. The van der Waals surface area contributed by atoms with Crippen molar-refractivity contribution in [2.75, 3.05) is 5.32 Å². The first kappa shape index (κ1) is 9.86. The second-order valence-electron chi connectivity index (χ2n) is 3.52. The number of hydrogen-bond acceptors (Lipinski definition) is 3. The number of nitrogens with one attached hydrogen (secondary N) is 1. The number of hydrogen-bond donors (Lipinski definition) is 2. The van der Waals surface area contributed by atoms with Crippen molar-refractivity contribution in [3.63, 3.8) is 0 Å². The van der Waals surface area contributed by atoms with E-state index in [-0.39, 0.29) is 5.91 Å². The first-order valence-corrected chi connectivity index (χ1v) is 4.78. The Balaban J connectivity index is 0.000000179. The van der Waals surface area contributed by atoms with Crippen molar-refractivity contribution >= 4 is 17.4 Å². The van der Waals surface area contributed by atoms with Crippen LogP contribution in [0, 0.1) is 0 Å². The van der Waals surface area contributed by atoms with Gasteiger partial charge in [0.2, 0.25) is 0 Å². The molecule has 1 aliphatic carbocycles. The van der Waals surface area contributed by atoms with Crippen LogP contribution in [0.4, 0.5) is 5.69 Å². The largest absolute Gasteiger partial charge is 0.378 e. The molecule has 2 N–H and O–H groups in total. The van der Waals surface area contributed by atoms with Crippen LogP contribution in [0.1, 0.15) is 24.5 Å². The average molecular weight is 205 g/mol. The number of fused-ring (bicyclic) bond motifs is 1. The molecule has 1 atom stereocenters. The van der Waals surface area contributed by atoms with Crippen molar-refractivity contribution in [3.8, 4) is 0 Å². The van der Waals surface area contributed by atoms with E-state index in [1.54, 1.807) is 18.2 Å². The highest BCUT2D eigenvalue weighted by molar-refractivity contribution is 6.01. The second kappa shape index (κ2) is 3.82. The molecule has 1 heterocycles. The predicted molar refractivity (Wildman–Crippen MR) is 54.3 cm³/mol. The summed E-state index contributed by atoms with van der Waals surface area (Å²) in [6.07, 6.45) is 0.714. The Kier molecular flexibility index (Phi) is 2.51. The average Bonchev–Trinajstić information content (AvgIpc) is 2.95. The maximum Gasteiger partial charge on any atom is 0.257 e. The second-order valence-corrected chi connectivity index (χ2v) is 3.52. The van der Waals surface area contributed by atoms with E-state index in [1.165, 1.54) is 0 Å². The Morgan fingerprint density at radius 3 is 2.33 bits per heavy atom. The van der Waals surface area contributed by atoms with E-state index in [9.17, 15) is 14.7 Å². The molecule has 1 amide bonds. The zero-order valence-electron chi connectivity index (χ0n) is 8.06. The van der Waals surface area contributed by atoms with Gasteiger partial charge in [-0.2, -0.15) is 0 Å². The lowest BCUT2D eigenvalue weighted by Gasteiger charge is -1.96. The lowest BCUT2D eigenvalue weighted by molar-refractivity contribution is -0.123. The highest BCUT2D eigenvalue weighted by Crippen LogP contribution is 2.29. The number of aliphatic hydroxyl groups is 1. The van der Waals surface area contributed by atoms with E-state index in [0.29, 0.717) is 17.0 Å². The number of amides is 1. The van der Waals surface area contributed by atoms with Gasteiger partial charge in [0, 0.05) is 24.1 Å². The summed E-state index contributed by atoms with van der Waals surface area (Å²) in [6.45, 7) is 0. The lowest BCUT2D eigenvalue weighted by Crippen LogP contribution is -2.10. The van der Waals surface area contributed by atoms with Gasteiger partial charge >= 0.3 is 0 Å². The first-order valence-electron chi connectivity index (χ1n) is 4.78. The third kappa shape index (κ3) is 2.22. The number of benzene rings is 1. The quantitative estimate of drug-likeness (QED) is 0.664. The van der Waals surface area contributed by atoms with Gasteiger partial charge in [-0.1, -0.05) is 18.2 Å². The summed E-state index contributed by atoms with van der Waals surface area (Å²) in [5, 5.41) is 11.8. The third-order valence-corrected chi connectivity index (χ3v) is 2.22. The smallest absolute Gasteiger partial charge is 0.257 e. The van der Waals surface area contributed by atoms with Crippen LogP contribution in [-0.2, 0) is 9.59 Å². The van der Waals surface area contributed by atoms with E-state index in [1.807, 2.05) is 6.07 Å². The van der Waals surface area contributed by atoms with Gasteiger partial charge in [-0.05, 0) is 6.07 Å². The Labute approximate surface area is 86.9 Å². The molecule has 1 unspecified atom stereocenters.